The first-order chi connectivity index (χ1) is 16.0. The van der Waals surface area contributed by atoms with Crippen LogP contribution in [0.3, 0.4) is 0 Å². The van der Waals surface area contributed by atoms with Crippen LogP contribution in [-0.4, -0.2) is 47.8 Å². The molecular formula is C25H28FN5OS. The number of aromatic nitrogens is 2. The van der Waals surface area contributed by atoms with E-state index in [2.05, 4.69) is 32.0 Å². The van der Waals surface area contributed by atoms with Gasteiger partial charge in [0, 0.05) is 49.9 Å². The Balaban J connectivity index is 1.37. The van der Waals surface area contributed by atoms with Crippen molar-refractivity contribution in [1.82, 2.24) is 9.97 Å². The summed E-state index contributed by atoms with van der Waals surface area (Å²) >= 11 is 1.40. The number of anilines is 3. The van der Waals surface area contributed by atoms with Crippen LogP contribution in [0.2, 0.25) is 0 Å². The van der Waals surface area contributed by atoms with E-state index in [1.165, 1.54) is 23.9 Å². The van der Waals surface area contributed by atoms with Crippen LogP contribution in [0.4, 0.5) is 21.6 Å². The van der Waals surface area contributed by atoms with Crippen molar-refractivity contribution in [1.29, 1.82) is 0 Å². The number of piperazine rings is 1. The quantitative estimate of drug-likeness (QED) is 0.517. The molecule has 8 heteroatoms. The Morgan fingerprint density at radius 2 is 1.73 bits per heavy atom. The Labute approximate surface area is 198 Å². The van der Waals surface area contributed by atoms with Gasteiger partial charge in [-0.15, -0.1) is 0 Å². The molecule has 0 spiro atoms. The van der Waals surface area contributed by atoms with Crippen molar-refractivity contribution in [3.8, 4) is 0 Å². The Morgan fingerprint density at radius 1 is 1.03 bits per heavy atom. The number of carbonyl (C=O) groups excluding carboxylic acids is 1. The average molecular weight is 466 g/mol. The van der Waals surface area contributed by atoms with Crippen molar-refractivity contribution in [3.63, 3.8) is 0 Å². The number of hydrogen-bond acceptors (Lipinski definition) is 6. The standard InChI is InChI=1S/C25H28FN5OS/c1-3-19-6-4-5-18(2)23(19)29-22(32)17-33-25-24(27-11-12-28-25)31-15-13-30(14-16-31)21-9-7-20(26)8-10-21/h4-12H,3,13-17H2,1-2H3,(H,29,32). The van der Waals surface area contributed by atoms with Crippen molar-refractivity contribution in [2.75, 3.05) is 47.0 Å². The Kier molecular flexibility index (Phi) is 7.44. The third kappa shape index (κ3) is 5.63. The fraction of sp³-hybridized carbons (Fsp3) is 0.320. The minimum Gasteiger partial charge on any atom is -0.368 e. The Morgan fingerprint density at radius 3 is 2.45 bits per heavy atom. The van der Waals surface area contributed by atoms with Gasteiger partial charge in [-0.2, -0.15) is 0 Å². The van der Waals surface area contributed by atoms with Crippen LogP contribution in [0, 0.1) is 12.7 Å². The third-order valence-electron chi connectivity index (χ3n) is 5.76. The molecule has 3 aromatic rings. The van der Waals surface area contributed by atoms with Gasteiger partial charge in [-0.05, 0) is 48.7 Å². The lowest BCUT2D eigenvalue weighted by Crippen LogP contribution is -2.47. The molecule has 0 saturated carbocycles. The fourth-order valence-corrected chi connectivity index (χ4v) is 4.76. The molecule has 0 unspecified atom stereocenters. The van der Waals surface area contributed by atoms with E-state index in [0.717, 1.165) is 65.9 Å². The molecule has 1 saturated heterocycles. The topological polar surface area (TPSA) is 61.4 Å². The minimum atomic E-state index is -0.226. The van der Waals surface area contributed by atoms with Crippen LogP contribution in [-0.2, 0) is 11.2 Å². The Bertz CT molecular complexity index is 1100. The maximum atomic E-state index is 13.2. The summed E-state index contributed by atoms with van der Waals surface area (Å²) in [4.78, 5) is 26.2. The molecule has 0 bridgehead atoms. The molecule has 1 aromatic heterocycles. The van der Waals surface area contributed by atoms with E-state index in [1.54, 1.807) is 12.4 Å². The molecule has 1 fully saturated rings. The maximum Gasteiger partial charge on any atom is 0.234 e. The highest BCUT2D eigenvalue weighted by Crippen LogP contribution is 2.28. The van der Waals surface area contributed by atoms with Gasteiger partial charge in [0.05, 0.1) is 5.75 Å². The molecule has 172 valence electrons. The van der Waals surface area contributed by atoms with E-state index in [9.17, 15) is 9.18 Å². The predicted molar refractivity (Wildman–Crippen MR) is 133 cm³/mol. The lowest BCUT2D eigenvalue weighted by Gasteiger charge is -2.37. The second-order valence-electron chi connectivity index (χ2n) is 7.94. The molecular weight excluding hydrogens is 437 g/mol. The zero-order chi connectivity index (χ0) is 23.2. The van der Waals surface area contributed by atoms with Crippen LogP contribution < -0.4 is 15.1 Å². The SMILES string of the molecule is CCc1cccc(C)c1NC(=O)CSc1nccnc1N1CCN(c2ccc(F)cc2)CC1. The fourth-order valence-electron chi connectivity index (χ4n) is 3.98. The van der Waals surface area contributed by atoms with Crippen molar-refractivity contribution < 1.29 is 9.18 Å². The number of carbonyl (C=O) groups is 1. The summed E-state index contributed by atoms with van der Waals surface area (Å²) in [7, 11) is 0. The van der Waals surface area contributed by atoms with E-state index in [-0.39, 0.29) is 17.5 Å². The largest absolute Gasteiger partial charge is 0.368 e. The number of rotatable bonds is 7. The first-order valence-corrected chi connectivity index (χ1v) is 12.1. The second-order valence-corrected chi connectivity index (χ2v) is 8.90. The number of nitrogens with one attached hydrogen (secondary N) is 1. The molecule has 1 N–H and O–H groups in total. The average Bonchev–Trinajstić information content (AvgIpc) is 2.85. The molecule has 1 aliphatic rings. The highest BCUT2D eigenvalue weighted by molar-refractivity contribution is 8.00. The van der Waals surface area contributed by atoms with Gasteiger partial charge in [0.1, 0.15) is 10.8 Å². The number of benzene rings is 2. The van der Waals surface area contributed by atoms with Crippen molar-refractivity contribution >= 4 is 34.9 Å². The molecule has 0 atom stereocenters. The highest BCUT2D eigenvalue weighted by atomic mass is 32.2. The van der Waals surface area contributed by atoms with Crippen LogP contribution in [0.5, 0.6) is 0 Å². The van der Waals surface area contributed by atoms with Crippen molar-refractivity contribution in [2.45, 2.75) is 25.3 Å². The minimum absolute atomic E-state index is 0.0540. The monoisotopic (exact) mass is 465 g/mol. The molecule has 1 aliphatic heterocycles. The van der Waals surface area contributed by atoms with Crippen LogP contribution in [0.25, 0.3) is 0 Å². The van der Waals surface area contributed by atoms with E-state index in [4.69, 9.17) is 0 Å². The number of thioether (sulfide) groups is 1. The van der Waals surface area contributed by atoms with Gasteiger partial charge < -0.3 is 15.1 Å². The smallest absolute Gasteiger partial charge is 0.234 e. The van der Waals surface area contributed by atoms with E-state index >= 15 is 0 Å². The van der Waals surface area contributed by atoms with Crippen LogP contribution in [0.15, 0.2) is 59.9 Å². The summed E-state index contributed by atoms with van der Waals surface area (Å²) in [5, 5.41) is 3.83. The second kappa shape index (κ2) is 10.7. The normalized spacial score (nSPS) is 13.8. The molecule has 6 nitrogen and oxygen atoms in total. The molecule has 0 radical (unpaired) electrons. The molecule has 1 amide bonds. The van der Waals surface area contributed by atoms with Crippen molar-refractivity contribution in [3.05, 3.63) is 71.8 Å². The number of nitrogens with zero attached hydrogens (tertiary/aromatic N) is 4. The number of aryl methyl sites for hydroxylation is 2. The summed E-state index contributed by atoms with van der Waals surface area (Å²) in [6.45, 7) is 7.26. The third-order valence-corrected chi connectivity index (χ3v) is 6.73. The lowest BCUT2D eigenvalue weighted by atomic mass is 10.1. The predicted octanol–water partition coefficient (Wildman–Crippen LogP) is 4.54. The number of halogens is 1. The zero-order valence-corrected chi connectivity index (χ0v) is 19.7. The van der Waals surface area contributed by atoms with E-state index in [1.807, 2.05) is 37.3 Å². The van der Waals surface area contributed by atoms with Crippen molar-refractivity contribution in [2.24, 2.45) is 0 Å². The summed E-state index contributed by atoms with van der Waals surface area (Å²) < 4.78 is 13.2. The first-order valence-electron chi connectivity index (χ1n) is 11.1. The number of hydrogen-bond donors (Lipinski definition) is 1. The molecule has 33 heavy (non-hydrogen) atoms. The Hall–Kier alpha value is -3.13. The number of amides is 1. The van der Waals surface area contributed by atoms with Crippen LogP contribution >= 0.6 is 11.8 Å². The summed E-state index contributed by atoms with van der Waals surface area (Å²) in [5.41, 5.74) is 4.12. The molecule has 2 aromatic carbocycles. The van der Waals surface area contributed by atoms with Gasteiger partial charge >= 0.3 is 0 Å². The first kappa shape index (κ1) is 23.0. The van der Waals surface area contributed by atoms with Gasteiger partial charge in [-0.25, -0.2) is 14.4 Å². The summed E-state index contributed by atoms with van der Waals surface area (Å²) in [5.74, 6) is 0.788. The van der Waals surface area contributed by atoms with Gasteiger partial charge in [-0.3, -0.25) is 4.79 Å². The zero-order valence-electron chi connectivity index (χ0n) is 18.9. The molecule has 4 rings (SSSR count). The van der Waals surface area contributed by atoms with Gasteiger partial charge in [0.15, 0.2) is 5.82 Å². The van der Waals surface area contributed by atoms with Gasteiger partial charge in [0.2, 0.25) is 5.91 Å². The number of para-hydroxylation sites is 1. The maximum absolute atomic E-state index is 13.2. The van der Waals surface area contributed by atoms with Crippen LogP contribution in [0.1, 0.15) is 18.1 Å². The summed E-state index contributed by atoms with van der Waals surface area (Å²) in [6.07, 6.45) is 4.21. The van der Waals surface area contributed by atoms with Gasteiger partial charge in [-0.1, -0.05) is 36.9 Å². The molecule has 2 heterocycles. The molecule has 0 aliphatic carbocycles. The summed E-state index contributed by atoms with van der Waals surface area (Å²) in [6, 6.07) is 12.7. The van der Waals surface area contributed by atoms with E-state index < -0.39 is 0 Å². The lowest BCUT2D eigenvalue weighted by molar-refractivity contribution is -0.113. The highest BCUT2D eigenvalue weighted by Gasteiger charge is 2.22. The van der Waals surface area contributed by atoms with Gasteiger partial charge in [0.25, 0.3) is 0 Å². The van der Waals surface area contributed by atoms with E-state index in [0.29, 0.717) is 0 Å².